The second-order valence-corrected chi connectivity index (χ2v) is 9.21. The van der Waals surface area contributed by atoms with Crippen LogP contribution >= 0.6 is 0 Å². The van der Waals surface area contributed by atoms with Crippen LogP contribution in [0.2, 0.25) is 0 Å². The van der Waals surface area contributed by atoms with E-state index in [4.69, 9.17) is 4.74 Å². The molecule has 0 radical (unpaired) electrons. The lowest BCUT2D eigenvalue weighted by Crippen LogP contribution is -2.09. The molecule has 0 N–H and O–H groups in total. The Hall–Kier alpha value is -0.860. The van der Waals surface area contributed by atoms with Gasteiger partial charge in [-0.1, -0.05) is 123 Å². The molecule has 0 unspecified atom stereocenters. The molecule has 3 nitrogen and oxygen atoms in total. The van der Waals surface area contributed by atoms with Crippen LogP contribution in [-0.2, 0) is 14.3 Å². The van der Waals surface area contributed by atoms with Gasteiger partial charge in [0, 0.05) is 12.8 Å². The van der Waals surface area contributed by atoms with Crippen LogP contribution in [-0.4, -0.2) is 18.9 Å². The van der Waals surface area contributed by atoms with Gasteiger partial charge in [-0.2, -0.15) is 0 Å². The van der Waals surface area contributed by atoms with Crippen LogP contribution in [0.15, 0.2) is 0 Å². The summed E-state index contributed by atoms with van der Waals surface area (Å²) in [5, 5.41) is 0. The minimum atomic E-state index is 0.487. The average Bonchev–Trinajstić information content (AvgIpc) is 2.74. The van der Waals surface area contributed by atoms with Crippen LogP contribution in [0.4, 0.5) is 0 Å². The molecule has 178 valence electrons. The van der Waals surface area contributed by atoms with E-state index in [0.717, 1.165) is 44.9 Å². The molecular weight excluding hydrogens is 372 g/mol. The fourth-order valence-corrected chi connectivity index (χ4v) is 4.29. The van der Waals surface area contributed by atoms with Gasteiger partial charge in [-0.15, -0.1) is 0 Å². The number of hydrogen-bond donors (Lipinski definition) is 0. The van der Waals surface area contributed by atoms with Gasteiger partial charge in [-0.05, 0) is 18.8 Å². The maximum atomic E-state index is 12.5. The van der Waals surface area contributed by atoms with Crippen molar-refractivity contribution in [1.82, 2.24) is 0 Å². The smallest absolute Gasteiger partial charge is 0.293 e. The number of carbonyl (C=O) groups is 2. The van der Waals surface area contributed by atoms with E-state index in [2.05, 4.69) is 13.8 Å². The number of ether oxygens (including phenoxy) is 1. The molecule has 0 atom stereocenters. The molecule has 0 fully saturated rings. The van der Waals surface area contributed by atoms with Crippen molar-refractivity contribution >= 4 is 12.3 Å². The zero-order valence-electron chi connectivity index (χ0n) is 20.4. The van der Waals surface area contributed by atoms with E-state index < -0.39 is 0 Å². The van der Waals surface area contributed by atoms with E-state index in [1.54, 1.807) is 0 Å². The van der Waals surface area contributed by atoms with E-state index in [0.29, 0.717) is 24.8 Å². The van der Waals surface area contributed by atoms with Gasteiger partial charge in [0.1, 0.15) is 5.78 Å². The SMILES string of the molecule is CCCCCCCCC(CCCCCCCC)CC(=O)CCCCCCCOC=O. The van der Waals surface area contributed by atoms with Crippen molar-refractivity contribution in [1.29, 1.82) is 0 Å². The lowest BCUT2D eigenvalue weighted by Gasteiger charge is -2.16. The number of ketones is 1. The van der Waals surface area contributed by atoms with Crippen LogP contribution < -0.4 is 0 Å². The Labute approximate surface area is 188 Å². The lowest BCUT2D eigenvalue weighted by atomic mass is 9.89. The largest absolute Gasteiger partial charge is 0.468 e. The molecule has 0 amide bonds. The van der Waals surface area contributed by atoms with Gasteiger partial charge >= 0.3 is 0 Å². The zero-order chi connectivity index (χ0) is 22.1. The first kappa shape index (κ1) is 29.1. The van der Waals surface area contributed by atoms with E-state index in [1.165, 1.54) is 89.9 Å². The molecule has 0 heterocycles. The highest BCUT2D eigenvalue weighted by Crippen LogP contribution is 2.23. The summed E-state index contributed by atoms with van der Waals surface area (Å²) in [5.74, 6) is 1.11. The van der Waals surface area contributed by atoms with Gasteiger partial charge in [0.25, 0.3) is 6.47 Å². The van der Waals surface area contributed by atoms with Crippen molar-refractivity contribution in [3.63, 3.8) is 0 Å². The van der Waals surface area contributed by atoms with Crippen molar-refractivity contribution in [2.24, 2.45) is 5.92 Å². The molecule has 0 bridgehead atoms. The summed E-state index contributed by atoms with van der Waals surface area (Å²) in [5.41, 5.74) is 0. The topological polar surface area (TPSA) is 43.4 Å². The summed E-state index contributed by atoms with van der Waals surface area (Å²) in [6.45, 7) is 5.58. The highest BCUT2D eigenvalue weighted by atomic mass is 16.5. The predicted molar refractivity (Wildman–Crippen MR) is 129 cm³/mol. The summed E-state index contributed by atoms with van der Waals surface area (Å²) in [6.07, 6.45) is 25.5. The minimum absolute atomic E-state index is 0.487. The van der Waals surface area contributed by atoms with E-state index in [9.17, 15) is 9.59 Å². The molecule has 0 aromatic rings. The molecule has 0 aliphatic carbocycles. The first-order valence-electron chi connectivity index (χ1n) is 13.3. The molecule has 0 rings (SSSR count). The Morgan fingerprint density at radius 2 is 1.13 bits per heavy atom. The molecule has 30 heavy (non-hydrogen) atoms. The summed E-state index contributed by atoms with van der Waals surface area (Å²) < 4.78 is 4.71. The predicted octanol–water partition coefficient (Wildman–Crippen LogP) is 8.58. The van der Waals surface area contributed by atoms with Gasteiger partial charge in [-0.25, -0.2) is 0 Å². The molecule has 3 heteroatoms. The Kier molecular flexibility index (Phi) is 23.7. The van der Waals surface area contributed by atoms with Crippen LogP contribution in [0.5, 0.6) is 0 Å². The van der Waals surface area contributed by atoms with Gasteiger partial charge in [-0.3, -0.25) is 9.59 Å². The fraction of sp³-hybridized carbons (Fsp3) is 0.926. The molecule has 0 spiro atoms. The molecule has 0 saturated carbocycles. The van der Waals surface area contributed by atoms with Crippen molar-refractivity contribution < 1.29 is 14.3 Å². The van der Waals surface area contributed by atoms with E-state index >= 15 is 0 Å². The van der Waals surface area contributed by atoms with Gasteiger partial charge < -0.3 is 4.74 Å². The Morgan fingerprint density at radius 3 is 1.67 bits per heavy atom. The van der Waals surface area contributed by atoms with E-state index in [1.807, 2.05) is 0 Å². The lowest BCUT2D eigenvalue weighted by molar-refractivity contribution is -0.128. The van der Waals surface area contributed by atoms with Gasteiger partial charge in [0.15, 0.2) is 0 Å². The highest BCUT2D eigenvalue weighted by Gasteiger charge is 2.13. The number of hydrogen-bond acceptors (Lipinski definition) is 3. The summed E-state index contributed by atoms with van der Waals surface area (Å²) in [4.78, 5) is 22.6. The third-order valence-corrected chi connectivity index (χ3v) is 6.23. The quantitative estimate of drug-likeness (QED) is 0.109. The summed E-state index contributed by atoms with van der Waals surface area (Å²) in [6, 6.07) is 0. The molecule has 0 aromatic heterocycles. The van der Waals surface area contributed by atoms with Crippen LogP contribution in [0, 0.1) is 5.92 Å². The van der Waals surface area contributed by atoms with Crippen molar-refractivity contribution in [2.75, 3.05) is 6.61 Å². The summed E-state index contributed by atoms with van der Waals surface area (Å²) in [7, 11) is 0. The Bertz CT molecular complexity index is 351. The second kappa shape index (κ2) is 24.4. The van der Waals surface area contributed by atoms with Crippen LogP contribution in [0.3, 0.4) is 0 Å². The Morgan fingerprint density at radius 1 is 0.667 bits per heavy atom. The second-order valence-electron chi connectivity index (χ2n) is 9.21. The van der Waals surface area contributed by atoms with Crippen molar-refractivity contribution in [2.45, 2.75) is 149 Å². The molecule has 0 aromatic carbocycles. The zero-order valence-corrected chi connectivity index (χ0v) is 20.4. The van der Waals surface area contributed by atoms with Crippen LogP contribution in [0.25, 0.3) is 0 Å². The minimum Gasteiger partial charge on any atom is -0.468 e. The molecule has 0 aliphatic heterocycles. The Balaban J connectivity index is 3.97. The first-order valence-corrected chi connectivity index (χ1v) is 13.3. The number of unbranched alkanes of at least 4 members (excludes halogenated alkanes) is 14. The standard InChI is InChI=1S/C27H52O3/c1-3-5-7-9-12-16-20-26(21-17-13-10-8-6-4-2)24-27(29)22-18-14-11-15-19-23-30-25-28/h25-26H,3-24H2,1-2H3. The monoisotopic (exact) mass is 424 g/mol. The number of Topliss-reactive ketones (excluding diaryl/α,β-unsaturated/α-hetero) is 1. The van der Waals surface area contributed by atoms with Crippen molar-refractivity contribution in [3.8, 4) is 0 Å². The third kappa shape index (κ3) is 21.8. The van der Waals surface area contributed by atoms with Crippen LogP contribution in [0.1, 0.15) is 149 Å². The number of rotatable bonds is 25. The maximum Gasteiger partial charge on any atom is 0.293 e. The van der Waals surface area contributed by atoms with Gasteiger partial charge in [0.2, 0.25) is 0 Å². The average molecular weight is 425 g/mol. The molecule has 0 aliphatic rings. The third-order valence-electron chi connectivity index (χ3n) is 6.23. The highest BCUT2D eigenvalue weighted by molar-refractivity contribution is 5.78. The first-order chi connectivity index (χ1) is 14.7. The normalized spacial score (nSPS) is 11.2. The fourth-order valence-electron chi connectivity index (χ4n) is 4.29. The molecular formula is C27H52O3. The van der Waals surface area contributed by atoms with E-state index in [-0.39, 0.29) is 0 Å². The maximum absolute atomic E-state index is 12.5. The van der Waals surface area contributed by atoms with Gasteiger partial charge in [0.05, 0.1) is 6.61 Å². The number of carbonyl (C=O) groups excluding carboxylic acids is 2. The van der Waals surface area contributed by atoms with Crippen molar-refractivity contribution in [3.05, 3.63) is 0 Å². The molecule has 0 saturated heterocycles. The summed E-state index contributed by atoms with van der Waals surface area (Å²) >= 11 is 0.